The molecule has 0 amide bonds. The van der Waals surface area contributed by atoms with E-state index >= 15 is 0 Å². The summed E-state index contributed by atoms with van der Waals surface area (Å²) in [6, 6.07) is 5.62. The van der Waals surface area contributed by atoms with Gasteiger partial charge in [-0.3, -0.25) is 5.43 Å². The number of rotatable bonds is 3. The number of hydrogen-bond acceptors (Lipinski definition) is 4. The smallest absolute Gasteiger partial charge is 0.417 e. The van der Waals surface area contributed by atoms with Crippen molar-refractivity contribution < 1.29 is 18.3 Å². The van der Waals surface area contributed by atoms with Crippen LogP contribution in [0.4, 0.5) is 19.0 Å². The third-order valence-corrected chi connectivity index (χ3v) is 3.00. The van der Waals surface area contributed by atoms with Crippen LogP contribution in [0, 0.1) is 13.8 Å². The molecule has 116 valence electrons. The maximum Gasteiger partial charge on any atom is 0.417 e. The zero-order valence-corrected chi connectivity index (χ0v) is 11.9. The zero-order chi connectivity index (χ0) is 16.3. The van der Waals surface area contributed by atoms with E-state index in [1.54, 1.807) is 26.0 Å². The van der Waals surface area contributed by atoms with Gasteiger partial charge in [0, 0.05) is 6.20 Å². The lowest BCUT2D eigenvalue weighted by atomic mass is 10.1. The van der Waals surface area contributed by atoms with Gasteiger partial charge in [0.1, 0.15) is 11.6 Å². The van der Waals surface area contributed by atoms with Crippen LogP contribution < -0.4 is 5.43 Å². The van der Waals surface area contributed by atoms with Crippen molar-refractivity contribution in [3.63, 3.8) is 0 Å². The van der Waals surface area contributed by atoms with Gasteiger partial charge in [-0.05, 0) is 54.8 Å². The number of aromatic hydroxyl groups is 1. The highest BCUT2D eigenvalue weighted by Crippen LogP contribution is 2.28. The molecule has 4 nitrogen and oxygen atoms in total. The Kier molecular flexibility index (Phi) is 4.35. The average molecular weight is 309 g/mol. The Balaban J connectivity index is 2.07. The Morgan fingerprint density at radius 3 is 2.32 bits per heavy atom. The van der Waals surface area contributed by atoms with Crippen LogP contribution in [0.2, 0.25) is 0 Å². The number of aromatic nitrogens is 1. The van der Waals surface area contributed by atoms with Crippen molar-refractivity contribution in [3.05, 3.63) is 52.7 Å². The van der Waals surface area contributed by atoms with E-state index in [2.05, 4.69) is 15.5 Å². The van der Waals surface area contributed by atoms with E-state index in [0.717, 1.165) is 17.8 Å². The van der Waals surface area contributed by atoms with Gasteiger partial charge >= 0.3 is 6.18 Å². The molecule has 7 heteroatoms. The molecular formula is C15H14F3N3O. The summed E-state index contributed by atoms with van der Waals surface area (Å²) in [7, 11) is 0. The van der Waals surface area contributed by atoms with E-state index in [4.69, 9.17) is 0 Å². The van der Waals surface area contributed by atoms with Gasteiger partial charge in [0.05, 0.1) is 11.8 Å². The Hall–Kier alpha value is -2.57. The van der Waals surface area contributed by atoms with Crippen LogP contribution in [0.5, 0.6) is 5.75 Å². The highest BCUT2D eigenvalue weighted by Gasteiger charge is 2.30. The molecule has 22 heavy (non-hydrogen) atoms. The summed E-state index contributed by atoms with van der Waals surface area (Å²) in [5.41, 5.74) is 3.93. The number of benzene rings is 1. The number of alkyl halides is 3. The molecule has 0 radical (unpaired) electrons. The van der Waals surface area contributed by atoms with Gasteiger partial charge in [-0.25, -0.2) is 4.98 Å². The topological polar surface area (TPSA) is 57.5 Å². The van der Waals surface area contributed by atoms with Gasteiger partial charge in [-0.1, -0.05) is 0 Å². The Morgan fingerprint density at radius 1 is 1.18 bits per heavy atom. The van der Waals surface area contributed by atoms with Gasteiger partial charge in [0.15, 0.2) is 0 Å². The number of pyridine rings is 1. The fourth-order valence-electron chi connectivity index (χ4n) is 1.86. The molecule has 0 spiro atoms. The third kappa shape index (κ3) is 3.75. The SMILES string of the molecule is Cc1cc(C=NNc2ccc(C(F)(F)F)cn2)cc(C)c1O. The minimum atomic E-state index is -4.41. The molecular weight excluding hydrogens is 295 g/mol. The Morgan fingerprint density at radius 2 is 1.82 bits per heavy atom. The van der Waals surface area contributed by atoms with E-state index in [-0.39, 0.29) is 11.6 Å². The molecule has 2 rings (SSSR count). The monoisotopic (exact) mass is 309 g/mol. The van der Waals surface area contributed by atoms with Crippen LogP contribution in [-0.2, 0) is 6.18 Å². The molecule has 0 unspecified atom stereocenters. The Bertz CT molecular complexity index is 671. The summed E-state index contributed by atoms with van der Waals surface area (Å²) >= 11 is 0. The predicted octanol–water partition coefficient (Wildman–Crippen LogP) is 3.87. The van der Waals surface area contributed by atoms with Crippen molar-refractivity contribution in [2.75, 3.05) is 5.43 Å². The van der Waals surface area contributed by atoms with Crippen molar-refractivity contribution in [2.24, 2.45) is 5.10 Å². The first-order valence-electron chi connectivity index (χ1n) is 6.40. The number of halogens is 3. The largest absolute Gasteiger partial charge is 0.507 e. The first-order valence-corrected chi connectivity index (χ1v) is 6.40. The van der Waals surface area contributed by atoms with Gasteiger partial charge in [-0.15, -0.1) is 0 Å². The van der Waals surface area contributed by atoms with Crippen LogP contribution in [-0.4, -0.2) is 16.3 Å². The first-order chi connectivity index (χ1) is 10.3. The number of nitrogens with zero attached hydrogens (tertiary/aromatic N) is 2. The van der Waals surface area contributed by atoms with Crippen molar-refractivity contribution in [2.45, 2.75) is 20.0 Å². The second kappa shape index (κ2) is 6.05. The van der Waals surface area contributed by atoms with E-state index in [1.807, 2.05) is 0 Å². The van der Waals surface area contributed by atoms with Crippen LogP contribution in [0.25, 0.3) is 0 Å². The molecule has 0 saturated carbocycles. The summed E-state index contributed by atoms with van der Waals surface area (Å²) in [5, 5.41) is 13.6. The van der Waals surface area contributed by atoms with Crippen molar-refractivity contribution >= 4 is 12.0 Å². The van der Waals surface area contributed by atoms with E-state index in [9.17, 15) is 18.3 Å². The first kappa shape index (κ1) is 15.8. The van der Waals surface area contributed by atoms with Crippen LogP contribution >= 0.6 is 0 Å². The summed E-state index contributed by atoms with van der Waals surface area (Å²) in [6.45, 7) is 3.54. The lowest BCUT2D eigenvalue weighted by Crippen LogP contribution is -2.05. The maximum atomic E-state index is 12.4. The lowest BCUT2D eigenvalue weighted by Gasteiger charge is -2.06. The summed E-state index contributed by atoms with van der Waals surface area (Å²) in [6.07, 6.45) is -2.17. The van der Waals surface area contributed by atoms with E-state index < -0.39 is 11.7 Å². The molecule has 0 saturated heterocycles. The maximum absolute atomic E-state index is 12.4. The quantitative estimate of drug-likeness (QED) is 0.668. The van der Waals surface area contributed by atoms with Crippen LogP contribution in [0.3, 0.4) is 0 Å². The van der Waals surface area contributed by atoms with Gasteiger partial charge in [-0.2, -0.15) is 18.3 Å². The number of phenols is 1. The van der Waals surface area contributed by atoms with Crippen molar-refractivity contribution in [1.29, 1.82) is 0 Å². The highest BCUT2D eigenvalue weighted by atomic mass is 19.4. The molecule has 0 aliphatic rings. The summed E-state index contributed by atoms with van der Waals surface area (Å²) in [4.78, 5) is 3.64. The molecule has 1 aromatic heterocycles. The molecule has 1 aromatic carbocycles. The molecule has 0 aliphatic carbocycles. The number of hydrazone groups is 1. The van der Waals surface area contributed by atoms with Gasteiger partial charge in [0.2, 0.25) is 0 Å². The zero-order valence-electron chi connectivity index (χ0n) is 11.9. The second-order valence-corrected chi connectivity index (χ2v) is 4.80. The predicted molar refractivity (Wildman–Crippen MR) is 78.0 cm³/mol. The number of hydrogen-bond donors (Lipinski definition) is 2. The molecule has 2 N–H and O–H groups in total. The highest BCUT2D eigenvalue weighted by molar-refractivity contribution is 5.81. The number of phenolic OH excluding ortho intramolecular Hbond substituents is 1. The van der Waals surface area contributed by atoms with Gasteiger partial charge in [0.25, 0.3) is 0 Å². The minimum Gasteiger partial charge on any atom is -0.507 e. The molecule has 0 bridgehead atoms. The summed E-state index contributed by atoms with van der Waals surface area (Å²) in [5.74, 6) is 0.436. The van der Waals surface area contributed by atoms with Crippen LogP contribution in [0.15, 0.2) is 35.6 Å². The van der Waals surface area contributed by atoms with Gasteiger partial charge < -0.3 is 5.11 Å². The number of anilines is 1. The Labute approximate surface area is 125 Å². The molecule has 0 fully saturated rings. The minimum absolute atomic E-state index is 0.205. The van der Waals surface area contributed by atoms with Crippen LogP contribution in [0.1, 0.15) is 22.3 Å². The van der Waals surface area contributed by atoms with E-state index in [1.165, 1.54) is 12.3 Å². The molecule has 0 atom stereocenters. The normalized spacial score (nSPS) is 11.9. The standard InChI is InChI=1S/C15H14F3N3O/c1-9-5-11(6-10(2)14(9)22)7-20-21-13-4-3-12(8-19-13)15(16,17)18/h3-8,22H,1-2H3,(H,19,21). The van der Waals surface area contributed by atoms with E-state index in [0.29, 0.717) is 11.1 Å². The fraction of sp³-hybridized carbons (Fsp3) is 0.200. The summed E-state index contributed by atoms with van der Waals surface area (Å²) < 4.78 is 37.2. The average Bonchev–Trinajstić information content (AvgIpc) is 2.44. The molecule has 1 heterocycles. The third-order valence-electron chi connectivity index (χ3n) is 3.00. The van der Waals surface area contributed by atoms with Crippen molar-refractivity contribution in [3.8, 4) is 5.75 Å². The number of aryl methyl sites for hydroxylation is 2. The lowest BCUT2D eigenvalue weighted by molar-refractivity contribution is -0.137. The molecule has 2 aromatic rings. The number of nitrogens with one attached hydrogen (secondary N) is 1. The fourth-order valence-corrected chi connectivity index (χ4v) is 1.86. The second-order valence-electron chi connectivity index (χ2n) is 4.80. The van der Waals surface area contributed by atoms with Crippen molar-refractivity contribution in [1.82, 2.24) is 4.98 Å². The molecule has 0 aliphatic heterocycles.